The fourth-order valence-corrected chi connectivity index (χ4v) is 3.12. The minimum atomic E-state index is 0.119. The van der Waals surface area contributed by atoms with Gasteiger partial charge in [-0.15, -0.1) is 0 Å². The Balaban J connectivity index is 1.53. The van der Waals surface area contributed by atoms with Gasteiger partial charge in [-0.25, -0.2) is 0 Å². The van der Waals surface area contributed by atoms with E-state index >= 15 is 0 Å². The topological polar surface area (TPSA) is 36.0 Å². The van der Waals surface area contributed by atoms with Gasteiger partial charge in [-0.1, -0.05) is 30.3 Å². The van der Waals surface area contributed by atoms with Crippen LogP contribution in [-0.2, 0) is 11.3 Å². The summed E-state index contributed by atoms with van der Waals surface area (Å²) in [7, 11) is 0. The van der Waals surface area contributed by atoms with E-state index in [-0.39, 0.29) is 5.41 Å². The second kappa shape index (κ2) is 5.61. The van der Waals surface area contributed by atoms with Gasteiger partial charge in [0.25, 0.3) is 0 Å². The molecule has 3 nitrogen and oxygen atoms in total. The Labute approximate surface area is 115 Å². The van der Waals surface area contributed by atoms with Gasteiger partial charge in [-0.2, -0.15) is 0 Å². The average molecular weight is 261 g/mol. The van der Waals surface area contributed by atoms with Crippen LogP contribution in [0.3, 0.4) is 0 Å². The maximum absolute atomic E-state index is 9.72. The number of nitrogens with zero attached hydrogens (tertiary/aromatic N) is 1. The number of benzene rings is 1. The number of rotatable bonds is 5. The Morgan fingerprint density at radius 1 is 1.21 bits per heavy atom. The molecule has 104 valence electrons. The van der Waals surface area contributed by atoms with Crippen LogP contribution in [0.5, 0.6) is 0 Å². The predicted molar refractivity (Wildman–Crippen MR) is 74.8 cm³/mol. The summed E-state index contributed by atoms with van der Waals surface area (Å²) in [6.45, 7) is 4.41. The molecule has 0 spiro atoms. The van der Waals surface area contributed by atoms with E-state index in [1.807, 2.05) is 0 Å². The van der Waals surface area contributed by atoms with Crippen molar-refractivity contribution in [2.24, 2.45) is 5.41 Å². The van der Waals surface area contributed by atoms with Crippen LogP contribution in [0.15, 0.2) is 30.3 Å². The first-order valence-electron chi connectivity index (χ1n) is 7.28. The lowest BCUT2D eigenvalue weighted by atomic mass is 9.75. The Morgan fingerprint density at radius 3 is 2.47 bits per heavy atom. The van der Waals surface area contributed by atoms with Gasteiger partial charge in [0.2, 0.25) is 0 Å². The van der Waals surface area contributed by atoms with Crippen LogP contribution >= 0.6 is 0 Å². The number of piperidine rings is 1. The highest BCUT2D eigenvalue weighted by molar-refractivity contribution is 5.14. The van der Waals surface area contributed by atoms with Gasteiger partial charge in [0, 0.05) is 13.2 Å². The number of hydrogen-bond donors (Lipinski definition) is 1. The summed E-state index contributed by atoms with van der Waals surface area (Å²) in [5.74, 6) is 0. The lowest BCUT2D eigenvalue weighted by Gasteiger charge is -2.40. The number of aliphatic hydroxyl groups excluding tert-OH is 1. The summed E-state index contributed by atoms with van der Waals surface area (Å²) < 4.78 is 5.34. The molecule has 3 heteroatoms. The van der Waals surface area contributed by atoms with E-state index in [1.165, 1.54) is 5.56 Å². The zero-order valence-corrected chi connectivity index (χ0v) is 11.4. The largest absolute Gasteiger partial charge is 0.396 e. The molecular formula is C16H23NO2. The highest BCUT2D eigenvalue weighted by atomic mass is 16.6. The molecule has 1 N–H and O–H groups in total. The van der Waals surface area contributed by atoms with E-state index in [4.69, 9.17) is 4.74 Å². The van der Waals surface area contributed by atoms with Gasteiger partial charge >= 0.3 is 0 Å². The second-order valence-electron chi connectivity index (χ2n) is 6.08. The van der Waals surface area contributed by atoms with Crippen molar-refractivity contribution in [1.29, 1.82) is 0 Å². The van der Waals surface area contributed by atoms with E-state index in [0.29, 0.717) is 12.7 Å². The Morgan fingerprint density at radius 2 is 1.89 bits per heavy atom. The fourth-order valence-electron chi connectivity index (χ4n) is 3.12. The maximum Gasteiger partial charge on any atom is 0.0816 e. The van der Waals surface area contributed by atoms with Gasteiger partial charge in [-0.3, -0.25) is 4.90 Å². The van der Waals surface area contributed by atoms with Crippen LogP contribution in [0.2, 0.25) is 0 Å². The predicted octanol–water partition coefficient (Wildman–Crippen LogP) is 2.05. The molecule has 0 amide bonds. The third-order valence-corrected chi connectivity index (χ3v) is 4.56. The Bertz CT molecular complexity index is 394. The molecular weight excluding hydrogens is 238 g/mol. The molecule has 3 rings (SSSR count). The standard InChI is InChI=1S/C16H23NO2/c18-13-16(10-15-12-19-15)6-8-17(9-7-16)11-14-4-2-1-3-5-14/h1-5,15,18H,6-13H2/t15-/m1/s1. The quantitative estimate of drug-likeness (QED) is 0.824. The van der Waals surface area contributed by atoms with Crippen LogP contribution in [0.1, 0.15) is 24.8 Å². The van der Waals surface area contributed by atoms with Crippen molar-refractivity contribution in [3.63, 3.8) is 0 Å². The zero-order valence-electron chi connectivity index (χ0n) is 11.4. The molecule has 2 heterocycles. The number of ether oxygens (including phenoxy) is 1. The molecule has 1 aromatic rings. The van der Waals surface area contributed by atoms with Gasteiger partial charge in [0.1, 0.15) is 0 Å². The Kier molecular flexibility index (Phi) is 3.87. The summed E-state index contributed by atoms with van der Waals surface area (Å²) in [6, 6.07) is 10.6. The molecule has 2 fully saturated rings. The maximum atomic E-state index is 9.72. The molecule has 2 saturated heterocycles. The van der Waals surface area contributed by atoms with Gasteiger partial charge < -0.3 is 9.84 Å². The minimum Gasteiger partial charge on any atom is -0.396 e. The molecule has 2 aliphatic heterocycles. The van der Waals surface area contributed by atoms with Crippen molar-refractivity contribution in [3.05, 3.63) is 35.9 Å². The third kappa shape index (κ3) is 3.35. The highest BCUT2D eigenvalue weighted by Gasteiger charge is 2.39. The van der Waals surface area contributed by atoms with Crippen LogP contribution < -0.4 is 0 Å². The van der Waals surface area contributed by atoms with Crippen LogP contribution in [0.4, 0.5) is 0 Å². The van der Waals surface area contributed by atoms with E-state index in [2.05, 4.69) is 35.2 Å². The first kappa shape index (κ1) is 13.1. The van der Waals surface area contributed by atoms with Crippen molar-refractivity contribution >= 4 is 0 Å². The number of aliphatic hydroxyl groups is 1. The zero-order chi connectivity index (χ0) is 13.1. The fraction of sp³-hybridized carbons (Fsp3) is 0.625. The number of epoxide rings is 1. The average Bonchev–Trinajstić information content (AvgIpc) is 3.26. The summed E-state index contributed by atoms with van der Waals surface area (Å²) >= 11 is 0. The van der Waals surface area contributed by atoms with Crippen molar-refractivity contribution in [2.75, 3.05) is 26.3 Å². The molecule has 0 aliphatic carbocycles. The molecule has 2 aliphatic rings. The van der Waals surface area contributed by atoms with Gasteiger partial charge in [0.05, 0.1) is 12.7 Å². The summed E-state index contributed by atoms with van der Waals surface area (Å²) in [5, 5.41) is 9.72. The first-order chi connectivity index (χ1) is 9.30. The van der Waals surface area contributed by atoms with E-state index in [9.17, 15) is 5.11 Å². The molecule has 0 unspecified atom stereocenters. The lowest BCUT2D eigenvalue weighted by Crippen LogP contribution is -2.42. The van der Waals surface area contributed by atoms with E-state index in [0.717, 1.165) is 45.5 Å². The van der Waals surface area contributed by atoms with Crippen molar-refractivity contribution in [3.8, 4) is 0 Å². The smallest absolute Gasteiger partial charge is 0.0816 e. The van der Waals surface area contributed by atoms with Crippen LogP contribution in [0.25, 0.3) is 0 Å². The summed E-state index contributed by atoms with van der Waals surface area (Å²) in [6.07, 6.45) is 3.66. The SMILES string of the molecule is OCC1(C[C@@H]2CO2)CCN(Cc2ccccc2)CC1. The minimum absolute atomic E-state index is 0.119. The lowest BCUT2D eigenvalue weighted by molar-refractivity contribution is 0.0287. The normalized spacial score (nSPS) is 26.3. The molecule has 0 bridgehead atoms. The van der Waals surface area contributed by atoms with Crippen LogP contribution in [-0.4, -0.2) is 42.4 Å². The molecule has 0 saturated carbocycles. The highest BCUT2D eigenvalue weighted by Crippen LogP contribution is 2.39. The van der Waals surface area contributed by atoms with Crippen molar-refractivity contribution in [2.45, 2.75) is 31.9 Å². The third-order valence-electron chi connectivity index (χ3n) is 4.56. The van der Waals surface area contributed by atoms with Gasteiger partial charge in [-0.05, 0) is 43.3 Å². The van der Waals surface area contributed by atoms with E-state index in [1.54, 1.807) is 0 Å². The van der Waals surface area contributed by atoms with Crippen LogP contribution in [0, 0.1) is 5.41 Å². The molecule has 19 heavy (non-hydrogen) atoms. The molecule has 0 radical (unpaired) electrons. The van der Waals surface area contributed by atoms with Crippen molar-refractivity contribution < 1.29 is 9.84 Å². The van der Waals surface area contributed by atoms with Gasteiger partial charge in [0.15, 0.2) is 0 Å². The molecule has 1 aromatic carbocycles. The van der Waals surface area contributed by atoms with Crippen molar-refractivity contribution in [1.82, 2.24) is 4.90 Å². The summed E-state index contributed by atoms with van der Waals surface area (Å²) in [4.78, 5) is 2.50. The molecule has 1 atom stereocenters. The first-order valence-corrected chi connectivity index (χ1v) is 7.28. The second-order valence-corrected chi connectivity index (χ2v) is 6.08. The number of hydrogen-bond acceptors (Lipinski definition) is 3. The summed E-state index contributed by atoms with van der Waals surface area (Å²) in [5.41, 5.74) is 1.50. The Hall–Kier alpha value is -0.900. The molecule has 0 aromatic heterocycles. The van der Waals surface area contributed by atoms with E-state index < -0.39 is 0 Å². The number of likely N-dealkylation sites (tertiary alicyclic amines) is 1. The monoisotopic (exact) mass is 261 g/mol.